The highest BCUT2D eigenvalue weighted by atomic mass is 32.2. The molecule has 1 aliphatic heterocycles. The molecule has 1 heterocycles. The van der Waals surface area contributed by atoms with Gasteiger partial charge in [-0.1, -0.05) is 43.3 Å². The van der Waals surface area contributed by atoms with Gasteiger partial charge in [-0.2, -0.15) is 0 Å². The Morgan fingerprint density at radius 2 is 1.81 bits per heavy atom. The smallest absolute Gasteiger partial charge is 0.266 e. The fourth-order valence-electron chi connectivity index (χ4n) is 3.78. The molecule has 5 nitrogen and oxygen atoms in total. The summed E-state index contributed by atoms with van der Waals surface area (Å²) in [4.78, 5) is 4.19. The van der Waals surface area contributed by atoms with E-state index >= 15 is 0 Å². The topological polar surface area (TPSA) is 70.6 Å². The van der Waals surface area contributed by atoms with E-state index in [0.29, 0.717) is 5.56 Å². The number of rotatable bonds is 4. The van der Waals surface area contributed by atoms with Gasteiger partial charge in [0.05, 0.1) is 12.2 Å². The Balaban J connectivity index is 1.77. The molecule has 3 aromatic carbocycles. The van der Waals surface area contributed by atoms with Crippen LogP contribution in [0.2, 0.25) is 0 Å². The third-order valence-corrected chi connectivity index (χ3v) is 6.70. The summed E-state index contributed by atoms with van der Waals surface area (Å²) in [6.45, 7) is 3.81. The third-order valence-electron chi connectivity index (χ3n) is 5.31. The van der Waals surface area contributed by atoms with E-state index in [1.807, 2.05) is 38.1 Å². The van der Waals surface area contributed by atoms with Crippen molar-refractivity contribution in [1.29, 1.82) is 0 Å². The minimum atomic E-state index is -3.95. The monoisotopic (exact) mass is 441 g/mol. The summed E-state index contributed by atoms with van der Waals surface area (Å²) >= 11 is 0. The van der Waals surface area contributed by atoms with E-state index in [1.165, 1.54) is 24.3 Å². The molecule has 2 N–H and O–H groups in total. The molecule has 0 bridgehead atoms. The van der Waals surface area contributed by atoms with Crippen molar-refractivity contribution in [2.75, 3.05) is 5.32 Å². The molecule has 0 unspecified atom stereocenters. The maximum atomic E-state index is 15.0. The van der Waals surface area contributed by atoms with Crippen LogP contribution >= 0.6 is 0 Å². The molecule has 0 aromatic heterocycles. The number of aliphatic imine (C=N–C) groups is 1. The molecule has 0 amide bonds. The highest BCUT2D eigenvalue weighted by Gasteiger charge is 2.32. The van der Waals surface area contributed by atoms with Crippen molar-refractivity contribution in [3.63, 3.8) is 0 Å². The zero-order chi connectivity index (χ0) is 22.2. The molecule has 0 spiro atoms. The van der Waals surface area contributed by atoms with Crippen molar-refractivity contribution in [2.24, 2.45) is 4.99 Å². The Morgan fingerprint density at radius 1 is 1.03 bits per heavy atom. The molecule has 1 atom stereocenters. The molecule has 0 fully saturated rings. The lowest BCUT2D eigenvalue weighted by Crippen LogP contribution is -2.41. The van der Waals surface area contributed by atoms with Gasteiger partial charge < -0.3 is 5.32 Å². The van der Waals surface area contributed by atoms with E-state index in [2.05, 4.69) is 15.0 Å². The van der Waals surface area contributed by atoms with Crippen LogP contribution in [0.5, 0.6) is 0 Å². The number of benzene rings is 3. The first-order valence-corrected chi connectivity index (χ1v) is 11.2. The van der Waals surface area contributed by atoms with Crippen LogP contribution in [0.1, 0.15) is 35.1 Å². The molecule has 3 aromatic rings. The largest absolute Gasteiger partial charge is 0.324 e. The van der Waals surface area contributed by atoms with Crippen LogP contribution in [-0.4, -0.2) is 14.4 Å². The minimum absolute atomic E-state index is 0.0411. The van der Waals surface area contributed by atoms with Gasteiger partial charge in [-0.3, -0.25) is 0 Å². The average molecular weight is 442 g/mol. The molecule has 8 heteroatoms. The Bertz CT molecular complexity index is 1290. The first-order chi connectivity index (χ1) is 14.8. The van der Waals surface area contributed by atoms with Crippen molar-refractivity contribution < 1.29 is 17.2 Å². The van der Waals surface area contributed by atoms with Crippen LogP contribution in [0.15, 0.2) is 70.6 Å². The second-order valence-electron chi connectivity index (χ2n) is 7.44. The fraction of sp³-hybridized carbons (Fsp3) is 0.174. The number of hydrogen-bond acceptors (Lipinski definition) is 3. The van der Waals surface area contributed by atoms with E-state index < -0.39 is 27.6 Å². The van der Waals surface area contributed by atoms with Crippen LogP contribution in [0.4, 0.5) is 14.5 Å². The van der Waals surface area contributed by atoms with Crippen LogP contribution in [0.3, 0.4) is 0 Å². The molecule has 4 rings (SSSR count). The van der Waals surface area contributed by atoms with Gasteiger partial charge in [0.25, 0.3) is 10.0 Å². The van der Waals surface area contributed by atoms with Gasteiger partial charge in [-0.05, 0) is 47.9 Å². The summed E-state index contributed by atoms with van der Waals surface area (Å²) in [7, 11) is -3.95. The summed E-state index contributed by atoms with van der Waals surface area (Å²) in [6.07, 6.45) is 0. The Kier molecular flexibility index (Phi) is 5.49. The first kappa shape index (κ1) is 21.0. The maximum absolute atomic E-state index is 15.0. The zero-order valence-electron chi connectivity index (χ0n) is 17.0. The Labute approximate surface area is 179 Å². The maximum Gasteiger partial charge on any atom is 0.266 e. The molecule has 31 heavy (non-hydrogen) atoms. The van der Waals surface area contributed by atoms with Crippen molar-refractivity contribution in [2.45, 2.75) is 31.2 Å². The predicted octanol–water partition coefficient (Wildman–Crippen LogP) is 4.69. The standard InChI is InChI=1S/C23H21F2N3O2S/c1-14-6-3-4-9-18(14)15(2)21-19(25)10-11-20-22(21)27-23(28-31(20,29)30)26-13-16-7-5-8-17(24)12-16/h3-12,15H,13H2,1-2H3,(H2,26,27,28)/t15-/m0/s1. The third kappa shape index (κ3) is 4.16. The van der Waals surface area contributed by atoms with Crippen LogP contribution < -0.4 is 10.0 Å². The summed E-state index contributed by atoms with van der Waals surface area (Å²) in [6, 6.07) is 15.9. The predicted molar refractivity (Wildman–Crippen MR) is 117 cm³/mol. The van der Waals surface area contributed by atoms with Gasteiger partial charge >= 0.3 is 0 Å². The first-order valence-electron chi connectivity index (χ1n) is 9.73. The summed E-state index contributed by atoms with van der Waals surface area (Å²) in [5.41, 5.74) is 2.85. The summed E-state index contributed by atoms with van der Waals surface area (Å²) < 4.78 is 56.4. The quantitative estimate of drug-likeness (QED) is 0.617. The normalized spacial score (nSPS) is 16.8. The number of sulfonamides is 1. The second-order valence-corrected chi connectivity index (χ2v) is 9.09. The lowest BCUT2D eigenvalue weighted by molar-refractivity contribution is 0.586. The Hall–Kier alpha value is -3.26. The SMILES string of the molecule is Cc1ccccc1[C@H](C)c1c(F)ccc2c1NC(=NCc1cccc(F)c1)NS2(=O)=O. The number of halogens is 2. The van der Waals surface area contributed by atoms with Gasteiger partial charge in [-0.15, -0.1) is 0 Å². The van der Waals surface area contributed by atoms with E-state index in [0.717, 1.165) is 11.1 Å². The number of aryl methyl sites for hydroxylation is 1. The lowest BCUT2D eigenvalue weighted by atomic mass is 9.88. The number of hydrogen-bond donors (Lipinski definition) is 2. The van der Waals surface area contributed by atoms with Crippen molar-refractivity contribution >= 4 is 21.7 Å². The molecule has 160 valence electrons. The van der Waals surface area contributed by atoms with E-state index in [1.54, 1.807) is 12.1 Å². The van der Waals surface area contributed by atoms with Crippen molar-refractivity contribution in [3.05, 3.63) is 94.6 Å². The molecule has 0 saturated heterocycles. The average Bonchev–Trinajstić information content (AvgIpc) is 2.71. The highest BCUT2D eigenvalue weighted by Crippen LogP contribution is 2.38. The number of anilines is 1. The Morgan fingerprint density at radius 3 is 2.55 bits per heavy atom. The summed E-state index contributed by atoms with van der Waals surface area (Å²) in [5.74, 6) is -1.36. The molecular weight excluding hydrogens is 420 g/mol. The van der Waals surface area contributed by atoms with Crippen LogP contribution in [0.25, 0.3) is 0 Å². The van der Waals surface area contributed by atoms with Gasteiger partial charge in [0.1, 0.15) is 16.5 Å². The molecule has 0 aliphatic carbocycles. The minimum Gasteiger partial charge on any atom is -0.324 e. The zero-order valence-corrected chi connectivity index (χ0v) is 17.8. The van der Waals surface area contributed by atoms with Gasteiger partial charge in [0.2, 0.25) is 5.96 Å². The van der Waals surface area contributed by atoms with Gasteiger partial charge in [0.15, 0.2) is 0 Å². The van der Waals surface area contributed by atoms with Crippen LogP contribution in [0, 0.1) is 18.6 Å². The molecule has 0 radical (unpaired) electrons. The summed E-state index contributed by atoms with van der Waals surface area (Å²) in [5, 5.41) is 2.94. The van der Waals surface area contributed by atoms with E-state index in [4.69, 9.17) is 0 Å². The van der Waals surface area contributed by atoms with Gasteiger partial charge in [0, 0.05) is 11.5 Å². The molecule has 0 saturated carbocycles. The van der Waals surface area contributed by atoms with E-state index in [-0.39, 0.29) is 28.7 Å². The number of fused-ring (bicyclic) bond motifs is 1. The number of nitrogens with zero attached hydrogens (tertiary/aromatic N) is 1. The second kappa shape index (κ2) is 8.11. The fourth-order valence-corrected chi connectivity index (χ4v) is 4.94. The molecular formula is C23H21F2N3O2S. The highest BCUT2D eigenvalue weighted by molar-refractivity contribution is 7.90. The number of guanidine groups is 1. The van der Waals surface area contributed by atoms with Crippen molar-refractivity contribution in [3.8, 4) is 0 Å². The van der Waals surface area contributed by atoms with Crippen molar-refractivity contribution in [1.82, 2.24) is 4.72 Å². The van der Waals surface area contributed by atoms with E-state index in [9.17, 15) is 17.2 Å². The lowest BCUT2D eigenvalue weighted by Gasteiger charge is -2.27. The van der Waals surface area contributed by atoms with Gasteiger partial charge in [-0.25, -0.2) is 26.9 Å². The molecule has 1 aliphatic rings. The van der Waals surface area contributed by atoms with Crippen LogP contribution in [-0.2, 0) is 16.6 Å². The number of nitrogens with one attached hydrogen (secondary N) is 2.